The summed E-state index contributed by atoms with van der Waals surface area (Å²) in [6.07, 6.45) is 4.05. The monoisotopic (exact) mass is 224 g/mol. The molecule has 62 valence electrons. The first-order chi connectivity index (χ1) is 5.81. The van der Waals surface area contributed by atoms with Crippen molar-refractivity contribution in [1.29, 1.82) is 0 Å². The van der Waals surface area contributed by atoms with Gasteiger partial charge in [0.15, 0.2) is 0 Å². The lowest BCUT2D eigenvalue weighted by molar-refractivity contribution is 1.16. The van der Waals surface area contributed by atoms with E-state index in [1.165, 1.54) is 5.56 Å². The summed E-state index contributed by atoms with van der Waals surface area (Å²) in [6, 6.07) is 4.10. The van der Waals surface area contributed by atoms with Gasteiger partial charge in [0.05, 0.1) is 5.69 Å². The summed E-state index contributed by atoms with van der Waals surface area (Å²) in [4.78, 5) is 4.45. The maximum Gasteiger partial charge on any atom is 0.139 e. The van der Waals surface area contributed by atoms with Crippen LogP contribution in [0.3, 0.4) is 0 Å². The molecule has 2 heterocycles. The van der Waals surface area contributed by atoms with Gasteiger partial charge in [0, 0.05) is 17.7 Å². The van der Waals surface area contributed by atoms with Gasteiger partial charge in [-0.25, -0.2) is 4.98 Å². The van der Waals surface area contributed by atoms with Crippen molar-refractivity contribution in [3.05, 3.63) is 35.8 Å². The molecule has 0 saturated heterocycles. The fourth-order valence-electron chi connectivity index (χ4n) is 1.27. The van der Waals surface area contributed by atoms with Crippen LogP contribution < -0.4 is 0 Å². The molecule has 0 radical (unpaired) electrons. The largest absolute Gasteiger partial charge is 0.307 e. The summed E-state index contributed by atoms with van der Waals surface area (Å²) in [5.74, 6) is 0. The van der Waals surface area contributed by atoms with Gasteiger partial charge in [0.1, 0.15) is 5.65 Å². The van der Waals surface area contributed by atoms with Crippen molar-refractivity contribution in [3.8, 4) is 0 Å². The van der Waals surface area contributed by atoms with Crippen LogP contribution in [0.5, 0.6) is 0 Å². The molecule has 0 spiro atoms. The van der Waals surface area contributed by atoms with Crippen molar-refractivity contribution >= 4 is 21.6 Å². The highest BCUT2D eigenvalue weighted by atomic mass is 79.9. The van der Waals surface area contributed by atoms with Crippen molar-refractivity contribution in [2.24, 2.45) is 0 Å². The van der Waals surface area contributed by atoms with Crippen LogP contribution in [0.2, 0.25) is 0 Å². The molecule has 2 aromatic heterocycles. The number of fused-ring (bicyclic) bond motifs is 1. The molecule has 0 aliphatic rings. The summed E-state index contributed by atoms with van der Waals surface area (Å²) in [5, 5.41) is 0.814. The third-order valence-electron chi connectivity index (χ3n) is 1.86. The van der Waals surface area contributed by atoms with E-state index in [2.05, 4.69) is 33.9 Å². The first kappa shape index (κ1) is 7.80. The van der Waals surface area contributed by atoms with Gasteiger partial charge in [0.2, 0.25) is 0 Å². The molecule has 0 saturated carbocycles. The molecular formula is C9H9BrN2. The van der Waals surface area contributed by atoms with Gasteiger partial charge >= 0.3 is 0 Å². The van der Waals surface area contributed by atoms with Crippen molar-refractivity contribution in [1.82, 2.24) is 9.38 Å². The topological polar surface area (TPSA) is 17.3 Å². The van der Waals surface area contributed by atoms with E-state index in [1.807, 2.05) is 22.9 Å². The highest BCUT2D eigenvalue weighted by Crippen LogP contribution is 2.11. The van der Waals surface area contributed by atoms with E-state index in [-0.39, 0.29) is 0 Å². The van der Waals surface area contributed by atoms with Crippen LogP contribution in [0.1, 0.15) is 11.3 Å². The van der Waals surface area contributed by atoms with Crippen LogP contribution in [0.4, 0.5) is 0 Å². The fraction of sp³-hybridized carbons (Fsp3) is 0.222. The van der Waals surface area contributed by atoms with Crippen molar-refractivity contribution in [3.63, 3.8) is 0 Å². The van der Waals surface area contributed by atoms with E-state index in [4.69, 9.17) is 0 Å². The van der Waals surface area contributed by atoms with Gasteiger partial charge in [-0.15, -0.1) is 0 Å². The Hall–Kier alpha value is -0.830. The Morgan fingerprint density at radius 1 is 1.58 bits per heavy atom. The number of hydrogen-bond donors (Lipinski definition) is 0. The highest BCUT2D eigenvalue weighted by Gasteiger charge is 2.00. The Kier molecular flexibility index (Phi) is 1.89. The third kappa shape index (κ3) is 1.14. The molecule has 0 aliphatic carbocycles. The molecule has 2 aromatic rings. The van der Waals surface area contributed by atoms with Crippen LogP contribution in [-0.2, 0) is 5.33 Å². The lowest BCUT2D eigenvalue weighted by atomic mass is 10.3. The molecule has 0 N–H and O–H groups in total. The normalized spacial score (nSPS) is 10.8. The van der Waals surface area contributed by atoms with Gasteiger partial charge in [-0.3, -0.25) is 0 Å². The van der Waals surface area contributed by atoms with E-state index >= 15 is 0 Å². The SMILES string of the molecule is Cc1cccn2cc(CBr)nc12. The number of aryl methyl sites for hydroxylation is 1. The number of rotatable bonds is 1. The Balaban J connectivity index is 2.74. The predicted octanol–water partition coefficient (Wildman–Crippen LogP) is 2.54. The van der Waals surface area contributed by atoms with Crippen LogP contribution in [0.25, 0.3) is 5.65 Å². The molecule has 2 nitrogen and oxygen atoms in total. The fourth-order valence-corrected chi connectivity index (χ4v) is 1.54. The summed E-state index contributed by atoms with van der Waals surface area (Å²) in [5.41, 5.74) is 3.33. The van der Waals surface area contributed by atoms with Crippen LogP contribution >= 0.6 is 15.9 Å². The average Bonchev–Trinajstić information content (AvgIpc) is 2.49. The first-order valence-corrected chi connectivity index (χ1v) is 4.92. The average molecular weight is 225 g/mol. The lowest BCUT2D eigenvalue weighted by Crippen LogP contribution is -1.83. The van der Waals surface area contributed by atoms with E-state index in [1.54, 1.807) is 0 Å². The zero-order valence-corrected chi connectivity index (χ0v) is 8.37. The zero-order valence-electron chi connectivity index (χ0n) is 6.79. The summed E-state index contributed by atoms with van der Waals surface area (Å²) < 4.78 is 2.05. The number of aromatic nitrogens is 2. The van der Waals surface area contributed by atoms with E-state index < -0.39 is 0 Å². The number of imidazole rings is 1. The Bertz CT molecular complexity index is 406. The summed E-state index contributed by atoms with van der Waals surface area (Å²) in [7, 11) is 0. The van der Waals surface area contributed by atoms with Gasteiger partial charge < -0.3 is 4.40 Å². The number of hydrogen-bond acceptors (Lipinski definition) is 1. The van der Waals surface area contributed by atoms with Gasteiger partial charge in [-0.1, -0.05) is 22.0 Å². The molecule has 0 aromatic carbocycles. The standard InChI is InChI=1S/C9H9BrN2/c1-7-3-2-4-12-6-8(5-10)11-9(7)12/h2-4,6H,5H2,1H3. The molecule has 3 heteroatoms. The minimum atomic E-state index is 0.814. The van der Waals surface area contributed by atoms with Crippen molar-refractivity contribution < 1.29 is 0 Å². The predicted molar refractivity (Wildman–Crippen MR) is 52.6 cm³/mol. The highest BCUT2D eigenvalue weighted by molar-refractivity contribution is 9.08. The molecule has 12 heavy (non-hydrogen) atoms. The van der Waals surface area contributed by atoms with Crippen LogP contribution in [0.15, 0.2) is 24.5 Å². The Labute approximate surface area is 79.4 Å². The first-order valence-electron chi connectivity index (χ1n) is 3.80. The van der Waals surface area contributed by atoms with Gasteiger partial charge in [-0.05, 0) is 18.6 Å². The van der Waals surface area contributed by atoms with E-state index in [0.717, 1.165) is 16.7 Å². The molecule has 0 atom stereocenters. The third-order valence-corrected chi connectivity index (χ3v) is 2.44. The second kappa shape index (κ2) is 2.90. The Morgan fingerprint density at radius 2 is 2.42 bits per heavy atom. The Morgan fingerprint density at radius 3 is 3.08 bits per heavy atom. The molecule has 0 fully saturated rings. The quantitative estimate of drug-likeness (QED) is 0.681. The lowest BCUT2D eigenvalue weighted by Gasteiger charge is -1.93. The molecule has 0 aliphatic heterocycles. The molecule has 0 unspecified atom stereocenters. The minimum absolute atomic E-state index is 0.814. The minimum Gasteiger partial charge on any atom is -0.307 e. The molecular weight excluding hydrogens is 216 g/mol. The number of halogens is 1. The van der Waals surface area contributed by atoms with E-state index in [0.29, 0.717) is 0 Å². The maximum absolute atomic E-state index is 4.45. The van der Waals surface area contributed by atoms with E-state index in [9.17, 15) is 0 Å². The van der Waals surface area contributed by atoms with Gasteiger partial charge in [0.25, 0.3) is 0 Å². The second-order valence-electron chi connectivity index (χ2n) is 2.79. The summed E-state index contributed by atoms with van der Waals surface area (Å²) >= 11 is 3.38. The summed E-state index contributed by atoms with van der Waals surface area (Å²) in [6.45, 7) is 2.07. The van der Waals surface area contributed by atoms with Crippen molar-refractivity contribution in [2.45, 2.75) is 12.3 Å². The molecule has 2 rings (SSSR count). The maximum atomic E-state index is 4.45. The second-order valence-corrected chi connectivity index (χ2v) is 3.35. The van der Waals surface area contributed by atoms with Gasteiger partial charge in [-0.2, -0.15) is 0 Å². The molecule has 0 amide bonds. The molecule has 0 bridgehead atoms. The smallest absolute Gasteiger partial charge is 0.139 e. The van der Waals surface area contributed by atoms with Crippen LogP contribution in [0, 0.1) is 6.92 Å². The number of alkyl halides is 1. The zero-order chi connectivity index (χ0) is 8.55. The number of pyridine rings is 1. The number of nitrogens with zero attached hydrogens (tertiary/aromatic N) is 2. The van der Waals surface area contributed by atoms with Crippen LogP contribution in [-0.4, -0.2) is 9.38 Å². The van der Waals surface area contributed by atoms with Crippen molar-refractivity contribution in [2.75, 3.05) is 0 Å².